The second-order valence-corrected chi connectivity index (χ2v) is 13.8. The number of hydrogen-bond acceptors (Lipinski definition) is 2. The van der Waals surface area contributed by atoms with Crippen LogP contribution in [0.4, 0.5) is 17.1 Å². The second-order valence-electron chi connectivity index (χ2n) is 13.8. The lowest BCUT2D eigenvalue weighted by Crippen LogP contribution is -2.10. The molecule has 0 saturated carbocycles. The van der Waals surface area contributed by atoms with Crippen LogP contribution in [-0.4, -0.2) is 8.97 Å². The average Bonchev–Trinajstić information content (AvgIpc) is 3.94. The Morgan fingerprint density at radius 2 is 0.865 bits per heavy atom. The number of hydrogen-bond donors (Lipinski definition) is 0. The molecule has 52 heavy (non-hydrogen) atoms. The zero-order valence-corrected chi connectivity index (χ0v) is 28.0. The summed E-state index contributed by atoms with van der Waals surface area (Å²) in [5, 5.41) is 9.76. The zero-order valence-electron chi connectivity index (χ0n) is 28.0. The first-order valence-electron chi connectivity index (χ1n) is 17.8. The largest absolute Gasteiger partial charge is 0.456 e. The van der Waals surface area contributed by atoms with Crippen LogP contribution in [0.15, 0.2) is 180 Å². The number of fused-ring (bicyclic) bond motifs is 12. The molecule has 0 N–H and O–H groups in total. The lowest BCUT2D eigenvalue weighted by molar-refractivity contribution is 0.669. The van der Waals surface area contributed by atoms with Gasteiger partial charge in [0.05, 0.1) is 27.6 Å². The van der Waals surface area contributed by atoms with Crippen LogP contribution in [0.1, 0.15) is 0 Å². The maximum atomic E-state index is 6.45. The van der Waals surface area contributed by atoms with Gasteiger partial charge in [0.2, 0.25) is 0 Å². The van der Waals surface area contributed by atoms with Crippen LogP contribution in [-0.2, 0) is 0 Å². The lowest BCUT2D eigenvalue weighted by atomic mass is 10.1. The van der Waals surface area contributed by atoms with Crippen LogP contribution in [0.3, 0.4) is 0 Å². The van der Waals surface area contributed by atoms with Crippen LogP contribution < -0.4 is 4.90 Å². The van der Waals surface area contributed by atoms with E-state index in [0.717, 1.165) is 44.7 Å². The molecule has 12 rings (SSSR count). The summed E-state index contributed by atoms with van der Waals surface area (Å²) in [7, 11) is 0. The van der Waals surface area contributed by atoms with Crippen LogP contribution in [0.2, 0.25) is 0 Å². The van der Waals surface area contributed by atoms with Gasteiger partial charge in [-0.15, -0.1) is 0 Å². The third kappa shape index (κ3) is 3.70. The summed E-state index contributed by atoms with van der Waals surface area (Å²) < 4.78 is 11.3. The highest BCUT2D eigenvalue weighted by atomic mass is 16.3. The first kappa shape index (κ1) is 27.7. The van der Waals surface area contributed by atoms with E-state index in [4.69, 9.17) is 4.42 Å². The summed E-state index contributed by atoms with van der Waals surface area (Å²) >= 11 is 0. The van der Waals surface area contributed by atoms with E-state index < -0.39 is 0 Å². The van der Waals surface area contributed by atoms with Gasteiger partial charge in [-0.1, -0.05) is 91.0 Å². The molecule has 242 valence electrons. The van der Waals surface area contributed by atoms with Crippen molar-refractivity contribution in [2.75, 3.05) is 4.90 Å². The Morgan fingerprint density at radius 3 is 1.67 bits per heavy atom. The summed E-state index contributed by atoms with van der Waals surface area (Å²) in [6, 6.07) is 63.5. The molecular formula is C48H29N3O. The number of aromatic nitrogens is 2. The van der Waals surface area contributed by atoms with E-state index in [9.17, 15) is 0 Å². The van der Waals surface area contributed by atoms with Crippen molar-refractivity contribution in [3.63, 3.8) is 0 Å². The molecule has 0 atom stereocenters. The molecule has 4 heteroatoms. The number of nitrogens with zero attached hydrogens (tertiary/aromatic N) is 3. The molecule has 0 spiro atoms. The SMILES string of the molecule is c1ccc(-n2c3ccccc3c3cc(N(c4ccc5c(c4)oc4ccccc45)c4ccc5c(c4)c4cccc6c7ccccc7n5c64)ccc32)cc1. The molecule has 0 aliphatic carbocycles. The molecule has 0 fully saturated rings. The van der Waals surface area contributed by atoms with Gasteiger partial charge in [0.1, 0.15) is 11.2 Å². The molecule has 0 aliphatic heterocycles. The van der Waals surface area contributed by atoms with Gasteiger partial charge in [-0.05, 0) is 78.9 Å². The molecule has 0 unspecified atom stereocenters. The van der Waals surface area contributed by atoms with E-state index in [0.29, 0.717) is 0 Å². The fourth-order valence-electron chi connectivity index (χ4n) is 8.82. The van der Waals surface area contributed by atoms with E-state index in [1.807, 2.05) is 12.1 Å². The van der Waals surface area contributed by atoms with Crippen LogP contribution in [0, 0.1) is 0 Å². The monoisotopic (exact) mass is 663 g/mol. The van der Waals surface area contributed by atoms with E-state index in [1.54, 1.807) is 0 Å². The Kier molecular flexibility index (Phi) is 5.47. The smallest absolute Gasteiger partial charge is 0.137 e. The molecule has 0 amide bonds. The fourth-order valence-corrected chi connectivity index (χ4v) is 8.82. The predicted octanol–water partition coefficient (Wildman–Crippen LogP) is 13.3. The Labute approximate surface area is 297 Å². The minimum atomic E-state index is 0.874. The topological polar surface area (TPSA) is 25.7 Å². The minimum absolute atomic E-state index is 0.874. The van der Waals surface area contributed by atoms with Gasteiger partial charge in [-0.3, -0.25) is 0 Å². The summed E-state index contributed by atoms with van der Waals surface area (Å²) in [6.45, 7) is 0. The number of para-hydroxylation sites is 5. The van der Waals surface area contributed by atoms with E-state index in [1.165, 1.54) is 59.9 Å². The van der Waals surface area contributed by atoms with E-state index in [2.05, 4.69) is 178 Å². The maximum Gasteiger partial charge on any atom is 0.137 e. The van der Waals surface area contributed by atoms with Crippen molar-refractivity contribution < 1.29 is 4.42 Å². The molecule has 0 aliphatic rings. The number of anilines is 3. The summed E-state index contributed by atoms with van der Waals surface area (Å²) in [6.07, 6.45) is 0. The van der Waals surface area contributed by atoms with Crippen molar-refractivity contribution in [3.05, 3.63) is 176 Å². The third-order valence-corrected chi connectivity index (χ3v) is 11.0. The Balaban J connectivity index is 1.13. The minimum Gasteiger partial charge on any atom is -0.456 e. The third-order valence-electron chi connectivity index (χ3n) is 11.0. The molecule has 4 heterocycles. The normalized spacial score (nSPS) is 12.2. The fraction of sp³-hybridized carbons (Fsp3) is 0. The van der Waals surface area contributed by atoms with E-state index >= 15 is 0 Å². The van der Waals surface area contributed by atoms with E-state index in [-0.39, 0.29) is 0 Å². The molecule has 0 radical (unpaired) electrons. The Bertz CT molecular complexity index is 3360. The molecular weight excluding hydrogens is 635 g/mol. The summed E-state index contributed by atoms with van der Waals surface area (Å²) in [4.78, 5) is 2.38. The first-order valence-corrected chi connectivity index (χ1v) is 17.8. The van der Waals surface area contributed by atoms with Gasteiger partial charge in [0, 0.05) is 71.9 Å². The first-order chi connectivity index (χ1) is 25.8. The average molecular weight is 664 g/mol. The highest BCUT2D eigenvalue weighted by Crippen LogP contribution is 2.45. The van der Waals surface area contributed by atoms with Crippen molar-refractivity contribution in [2.45, 2.75) is 0 Å². The van der Waals surface area contributed by atoms with Crippen molar-refractivity contribution in [2.24, 2.45) is 0 Å². The maximum absolute atomic E-state index is 6.45. The lowest BCUT2D eigenvalue weighted by Gasteiger charge is -2.26. The Morgan fingerprint density at radius 1 is 0.346 bits per heavy atom. The Hall–Kier alpha value is -7.04. The molecule has 12 aromatic rings. The van der Waals surface area contributed by atoms with Crippen LogP contribution in [0.25, 0.3) is 87.5 Å². The summed E-state index contributed by atoms with van der Waals surface area (Å²) in [5.41, 5.74) is 12.2. The molecule has 4 aromatic heterocycles. The van der Waals surface area contributed by atoms with Crippen molar-refractivity contribution in [1.29, 1.82) is 0 Å². The van der Waals surface area contributed by atoms with Crippen molar-refractivity contribution in [3.8, 4) is 5.69 Å². The second kappa shape index (κ2) is 10.3. The molecule has 0 bridgehead atoms. The highest BCUT2D eigenvalue weighted by Gasteiger charge is 2.22. The van der Waals surface area contributed by atoms with Gasteiger partial charge in [-0.25, -0.2) is 0 Å². The van der Waals surface area contributed by atoms with Crippen molar-refractivity contribution in [1.82, 2.24) is 8.97 Å². The van der Waals surface area contributed by atoms with Gasteiger partial charge in [0.15, 0.2) is 0 Å². The molecule has 0 saturated heterocycles. The quantitative estimate of drug-likeness (QED) is 0.187. The number of benzene rings is 8. The van der Waals surface area contributed by atoms with Gasteiger partial charge < -0.3 is 18.3 Å². The molecule has 4 nitrogen and oxygen atoms in total. The van der Waals surface area contributed by atoms with Crippen LogP contribution in [0.5, 0.6) is 0 Å². The zero-order chi connectivity index (χ0) is 33.9. The highest BCUT2D eigenvalue weighted by molar-refractivity contribution is 6.23. The van der Waals surface area contributed by atoms with Crippen LogP contribution >= 0.6 is 0 Å². The number of rotatable bonds is 4. The predicted molar refractivity (Wildman–Crippen MR) is 217 cm³/mol. The summed E-state index contributed by atoms with van der Waals surface area (Å²) in [5.74, 6) is 0. The van der Waals surface area contributed by atoms with Gasteiger partial charge >= 0.3 is 0 Å². The van der Waals surface area contributed by atoms with Gasteiger partial charge in [0.25, 0.3) is 0 Å². The van der Waals surface area contributed by atoms with Gasteiger partial charge in [-0.2, -0.15) is 0 Å². The van der Waals surface area contributed by atoms with Crippen molar-refractivity contribution >= 4 is 98.9 Å². The molecule has 8 aromatic carbocycles. The standard InChI is InChI=1S/C48H29N3O/c1-2-11-30(12-3-1)50-42-18-7-5-14-35(42)40-27-31(22-25-44(40)50)49(33-21-24-37-36-15-6-9-20-46(36)52-47(37)29-33)32-23-26-45-41(28-32)39-17-10-16-38-34-13-4-8-19-43(34)51(45)48(38)39/h1-29H. The number of furan rings is 1.